The Kier molecular flexibility index (Phi) is 5.79. The van der Waals surface area contributed by atoms with Gasteiger partial charge in [-0.15, -0.1) is 0 Å². The molecule has 2 aromatic heterocycles. The third-order valence-electron chi connectivity index (χ3n) is 6.45. The van der Waals surface area contributed by atoms with Crippen molar-refractivity contribution in [1.82, 2.24) is 25.3 Å². The molecule has 0 unspecified atom stereocenters. The number of amides is 2. The first-order valence-electron chi connectivity index (χ1n) is 10.8. The molecule has 0 radical (unpaired) electrons. The van der Waals surface area contributed by atoms with Gasteiger partial charge in [-0.2, -0.15) is 9.97 Å². The number of carbonyl (C=O) groups excluding carboxylic acids is 2. The molecular formula is C22H29N5O5. The SMILES string of the molecule is COc1ccc(C(=O)N[C@@H]2C[C@H]3CN(C(=O)C(C)C)C[C@@]3(c3nc(C)no3)C2)c(OC)n1. The predicted octanol–water partition coefficient (Wildman–Crippen LogP) is 1.73. The van der Waals surface area contributed by atoms with Crippen LogP contribution >= 0.6 is 0 Å². The fourth-order valence-corrected chi connectivity index (χ4v) is 4.97. The van der Waals surface area contributed by atoms with Gasteiger partial charge in [-0.3, -0.25) is 9.59 Å². The van der Waals surface area contributed by atoms with Crippen LogP contribution in [0.25, 0.3) is 0 Å². The quantitative estimate of drug-likeness (QED) is 0.717. The second-order valence-electron chi connectivity index (χ2n) is 8.89. The van der Waals surface area contributed by atoms with Crippen molar-refractivity contribution in [2.24, 2.45) is 11.8 Å². The van der Waals surface area contributed by atoms with Crippen LogP contribution in [0.1, 0.15) is 48.8 Å². The highest BCUT2D eigenvalue weighted by Crippen LogP contribution is 2.50. The molecule has 1 aliphatic heterocycles. The molecule has 1 saturated carbocycles. The maximum atomic E-state index is 13.0. The molecule has 172 valence electrons. The summed E-state index contributed by atoms with van der Waals surface area (Å²) in [6.45, 7) is 6.70. The summed E-state index contributed by atoms with van der Waals surface area (Å²) < 4.78 is 16.0. The number of hydrogen-bond donors (Lipinski definition) is 1. The lowest BCUT2D eigenvalue weighted by atomic mass is 9.80. The number of aryl methyl sites for hydroxylation is 1. The fraction of sp³-hybridized carbons (Fsp3) is 0.591. The van der Waals surface area contributed by atoms with Crippen LogP contribution in [0.2, 0.25) is 0 Å². The molecule has 4 rings (SSSR count). The van der Waals surface area contributed by atoms with E-state index in [1.54, 1.807) is 19.1 Å². The third-order valence-corrected chi connectivity index (χ3v) is 6.45. The molecule has 1 aliphatic carbocycles. The lowest BCUT2D eigenvalue weighted by Crippen LogP contribution is -2.40. The fourth-order valence-electron chi connectivity index (χ4n) is 4.97. The predicted molar refractivity (Wildman–Crippen MR) is 113 cm³/mol. The Labute approximate surface area is 186 Å². The van der Waals surface area contributed by atoms with Gasteiger partial charge in [0.2, 0.25) is 23.6 Å². The first kappa shape index (κ1) is 22.0. The Bertz CT molecular complexity index is 1020. The average Bonchev–Trinajstić information content (AvgIpc) is 3.45. The summed E-state index contributed by atoms with van der Waals surface area (Å²) in [5, 5.41) is 7.09. The van der Waals surface area contributed by atoms with E-state index in [4.69, 9.17) is 14.0 Å². The zero-order valence-electron chi connectivity index (χ0n) is 19.0. The van der Waals surface area contributed by atoms with E-state index in [1.165, 1.54) is 14.2 Å². The molecule has 0 bridgehead atoms. The number of fused-ring (bicyclic) bond motifs is 1. The second-order valence-corrected chi connectivity index (χ2v) is 8.89. The van der Waals surface area contributed by atoms with E-state index in [0.29, 0.717) is 49.1 Å². The Morgan fingerprint density at radius 1 is 1.25 bits per heavy atom. The summed E-state index contributed by atoms with van der Waals surface area (Å²) >= 11 is 0. The van der Waals surface area contributed by atoms with E-state index in [9.17, 15) is 9.59 Å². The highest BCUT2D eigenvalue weighted by atomic mass is 16.5. The lowest BCUT2D eigenvalue weighted by Gasteiger charge is -2.26. The zero-order chi connectivity index (χ0) is 23.0. The van der Waals surface area contributed by atoms with Crippen LogP contribution in [0.15, 0.2) is 16.7 Å². The maximum Gasteiger partial charge on any atom is 0.256 e. The van der Waals surface area contributed by atoms with Crippen molar-refractivity contribution in [3.8, 4) is 11.8 Å². The van der Waals surface area contributed by atoms with Gasteiger partial charge in [0.1, 0.15) is 5.56 Å². The summed E-state index contributed by atoms with van der Waals surface area (Å²) in [6.07, 6.45) is 1.32. The van der Waals surface area contributed by atoms with Crippen LogP contribution in [0, 0.1) is 18.8 Å². The highest BCUT2D eigenvalue weighted by molar-refractivity contribution is 5.96. The monoisotopic (exact) mass is 443 g/mol. The topological polar surface area (TPSA) is 120 Å². The smallest absolute Gasteiger partial charge is 0.256 e. The van der Waals surface area contributed by atoms with Gasteiger partial charge >= 0.3 is 0 Å². The lowest BCUT2D eigenvalue weighted by molar-refractivity contribution is -0.133. The molecule has 2 amide bonds. The molecular weight excluding hydrogens is 414 g/mol. The van der Waals surface area contributed by atoms with Crippen molar-refractivity contribution in [3.05, 3.63) is 29.4 Å². The minimum atomic E-state index is -0.466. The van der Waals surface area contributed by atoms with Crippen molar-refractivity contribution < 1.29 is 23.6 Å². The molecule has 32 heavy (non-hydrogen) atoms. The number of methoxy groups -OCH3 is 2. The number of carbonyl (C=O) groups is 2. The van der Waals surface area contributed by atoms with Crippen LogP contribution in [0.4, 0.5) is 0 Å². The normalized spacial score (nSPS) is 24.5. The van der Waals surface area contributed by atoms with Crippen LogP contribution in [0.5, 0.6) is 11.8 Å². The van der Waals surface area contributed by atoms with Gasteiger partial charge in [0, 0.05) is 31.1 Å². The number of pyridine rings is 1. The second kappa shape index (κ2) is 8.40. The standard InChI is InChI=1S/C22H29N5O5/c1-12(2)20(29)27-10-14-8-15(9-22(14,11-27)21-23-13(3)26-32-21)24-18(28)16-6-7-17(30-4)25-19(16)31-5/h6-7,12,14-15H,8-11H2,1-5H3,(H,24,28)/t14-,15+,22-/m0/s1. The van der Waals surface area contributed by atoms with Gasteiger partial charge in [-0.1, -0.05) is 19.0 Å². The van der Waals surface area contributed by atoms with Gasteiger partial charge in [0.05, 0.1) is 19.6 Å². The molecule has 3 heterocycles. The number of nitrogens with one attached hydrogen (secondary N) is 1. The molecule has 2 fully saturated rings. The van der Waals surface area contributed by atoms with Crippen LogP contribution in [-0.4, -0.2) is 65.2 Å². The summed E-state index contributed by atoms with van der Waals surface area (Å²) in [5.74, 6) is 1.55. The van der Waals surface area contributed by atoms with Crippen molar-refractivity contribution in [2.75, 3.05) is 27.3 Å². The molecule has 0 spiro atoms. The Hall–Kier alpha value is -3.17. The van der Waals surface area contributed by atoms with Gasteiger partial charge in [0.15, 0.2) is 5.82 Å². The van der Waals surface area contributed by atoms with Crippen molar-refractivity contribution in [1.29, 1.82) is 0 Å². The number of nitrogens with zero attached hydrogens (tertiary/aromatic N) is 4. The van der Waals surface area contributed by atoms with E-state index in [0.717, 1.165) is 0 Å². The minimum absolute atomic E-state index is 0.0826. The molecule has 3 atom stereocenters. The van der Waals surface area contributed by atoms with E-state index < -0.39 is 5.41 Å². The van der Waals surface area contributed by atoms with Gasteiger partial charge < -0.3 is 24.2 Å². The highest BCUT2D eigenvalue weighted by Gasteiger charge is 2.58. The van der Waals surface area contributed by atoms with Crippen molar-refractivity contribution in [3.63, 3.8) is 0 Å². The summed E-state index contributed by atoms with van der Waals surface area (Å²) in [5.41, 5.74) is -0.129. The minimum Gasteiger partial charge on any atom is -0.481 e. The van der Waals surface area contributed by atoms with Gasteiger partial charge in [-0.05, 0) is 31.7 Å². The van der Waals surface area contributed by atoms with Crippen LogP contribution in [0.3, 0.4) is 0 Å². The third kappa shape index (κ3) is 3.78. The number of aromatic nitrogens is 3. The number of rotatable bonds is 6. The summed E-state index contributed by atoms with van der Waals surface area (Å²) in [6, 6.07) is 3.15. The molecule has 2 aromatic rings. The molecule has 10 nitrogen and oxygen atoms in total. The van der Waals surface area contributed by atoms with Gasteiger partial charge in [-0.25, -0.2) is 0 Å². The zero-order valence-corrected chi connectivity index (χ0v) is 19.0. The Morgan fingerprint density at radius 3 is 2.66 bits per heavy atom. The maximum absolute atomic E-state index is 13.0. The molecule has 2 aliphatic rings. The van der Waals surface area contributed by atoms with E-state index in [-0.39, 0.29) is 35.6 Å². The first-order chi connectivity index (χ1) is 15.3. The van der Waals surface area contributed by atoms with Gasteiger partial charge in [0.25, 0.3) is 5.91 Å². The first-order valence-corrected chi connectivity index (χ1v) is 10.8. The largest absolute Gasteiger partial charge is 0.481 e. The molecule has 0 aromatic carbocycles. The molecule has 10 heteroatoms. The van der Waals surface area contributed by atoms with E-state index in [2.05, 4.69) is 20.4 Å². The average molecular weight is 444 g/mol. The number of ether oxygens (including phenoxy) is 2. The van der Waals surface area contributed by atoms with E-state index in [1.807, 2.05) is 18.7 Å². The number of likely N-dealkylation sites (tertiary alicyclic amines) is 1. The van der Waals surface area contributed by atoms with E-state index >= 15 is 0 Å². The molecule has 1 saturated heterocycles. The Morgan fingerprint density at radius 2 is 2.03 bits per heavy atom. The van der Waals surface area contributed by atoms with Crippen LogP contribution < -0.4 is 14.8 Å². The van der Waals surface area contributed by atoms with Crippen molar-refractivity contribution in [2.45, 2.75) is 45.1 Å². The van der Waals surface area contributed by atoms with Crippen LogP contribution in [-0.2, 0) is 10.2 Å². The Balaban J connectivity index is 1.55. The summed E-state index contributed by atoms with van der Waals surface area (Å²) in [4.78, 5) is 36.3. The number of hydrogen-bond acceptors (Lipinski definition) is 8. The summed E-state index contributed by atoms with van der Waals surface area (Å²) in [7, 11) is 2.97. The van der Waals surface area contributed by atoms with Crippen molar-refractivity contribution >= 4 is 11.8 Å². The molecule has 1 N–H and O–H groups in total.